The van der Waals surface area contributed by atoms with Gasteiger partial charge in [-0.1, -0.05) is 0 Å². The Morgan fingerprint density at radius 3 is 2.46 bits per heavy atom. The van der Waals surface area contributed by atoms with Gasteiger partial charge in [-0.25, -0.2) is 8.42 Å². The minimum Gasteiger partial charge on any atom is -0.352 e. The van der Waals surface area contributed by atoms with Gasteiger partial charge in [0.2, 0.25) is 5.91 Å². The third-order valence-corrected chi connectivity index (χ3v) is 2.72. The van der Waals surface area contributed by atoms with Crippen molar-refractivity contribution in [2.75, 3.05) is 12.0 Å². The van der Waals surface area contributed by atoms with E-state index in [-0.39, 0.29) is 12.1 Å². The standard InChI is InChI=1S/C7H14N2O3S/c1-13(11,12)4-7(10)9-6-2-5(8)3-6/h5-6H,2-4,8H2,1H3,(H,9,10). The van der Waals surface area contributed by atoms with Crippen molar-refractivity contribution in [1.82, 2.24) is 5.32 Å². The molecule has 1 aliphatic carbocycles. The van der Waals surface area contributed by atoms with Crippen molar-refractivity contribution in [1.29, 1.82) is 0 Å². The molecule has 5 nitrogen and oxygen atoms in total. The smallest absolute Gasteiger partial charge is 0.235 e. The Hall–Kier alpha value is -0.620. The molecule has 1 amide bonds. The van der Waals surface area contributed by atoms with Crippen LogP contribution in [0.2, 0.25) is 0 Å². The molecule has 0 aromatic rings. The Kier molecular flexibility index (Phi) is 2.92. The van der Waals surface area contributed by atoms with E-state index in [9.17, 15) is 13.2 Å². The first-order valence-corrected chi connectivity index (χ1v) is 6.15. The van der Waals surface area contributed by atoms with Crippen LogP contribution < -0.4 is 11.1 Å². The molecule has 0 radical (unpaired) electrons. The Labute approximate surface area is 77.6 Å². The quantitative estimate of drug-likeness (QED) is 0.596. The normalized spacial score (nSPS) is 27.8. The fourth-order valence-corrected chi connectivity index (χ4v) is 1.85. The first kappa shape index (κ1) is 10.5. The zero-order chi connectivity index (χ0) is 10.1. The van der Waals surface area contributed by atoms with Crippen molar-refractivity contribution in [3.05, 3.63) is 0 Å². The second kappa shape index (κ2) is 3.63. The van der Waals surface area contributed by atoms with Gasteiger partial charge in [-0.05, 0) is 12.8 Å². The molecule has 13 heavy (non-hydrogen) atoms. The van der Waals surface area contributed by atoms with E-state index in [1.165, 1.54) is 0 Å². The predicted molar refractivity (Wildman–Crippen MR) is 48.9 cm³/mol. The van der Waals surface area contributed by atoms with Gasteiger partial charge in [-0.2, -0.15) is 0 Å². The number of carbonyl (C=O) groups is 1. The summed E-state index contributed by atoms with van der Waals surface area (Å²) < 4.78 is 21.4. The van der Waals surface area contributed by atoms with Crippen molar-refractivity contribution < 1.29 is 13.2 Å². The number of hydrogen-bond acceptors (Lipinski definition) is 4. The van der Waals surface area contributed by atoms with E-state index in [1.54, 1.807) is 0 Å². The maximum atomic E-state index is 11.0. The van der Waals surface area contributed by atoms with E-state index in [0.717, 1.165) is 19.1 Å². The van der Waals surface area contributed by atoms with Crippen LogP contribution in [0.3, 0.4) is 0 Å². The third-order valence-electron chi connectivity index (χ3n) is 1.93. The van der Waals surface area contributed by atoms with Crippen LogP contribution in [0.1, 0.15) is 12.8 Å². The number of hydrogen-bond donors (Lipinski definition) is 2. The van der Waals surface area contributed by atoms with E-state index in [1.807, 2.05) is 0 Å². The number of carbonyl (C=O) groups excluding carboxylic acids is 1. The van der Waals surface area contributed by atoms with E-state index < -0.39 is 21.5 Å². The van der Waals surface area contributed by atoms with Crippen molar-refractivity contribution in [2.24, 2.45) is 5.73 Å². The lowest BCUT2D eigenvalue weighted by Crippen LogP contribution is -2.51. The highest BCUT2D eigenvalue weighted by Gasteiger charge is 2.27. The summed E-state index contributed by atoms with van der Waals surface area (Å²) in [6.45, 7) is 0. The molecule has 0 spiro atoms. The predicted octanol–water partition coefficient (Wildman–Crippen LogP) is -1.36. The van der Waals surface area contributed by atoms with Gasteiger partial charge >= 0.3 is 0 Å². The lowest BCUT2D eigenvalue weighted by Gasteiger charge is -2.32. The average Bonchev–Trinajstić information content (AvgIpc) is 1.79. The van der Waals surface area contributed by atoms with Crippen molar-refractivity contribution in [2.45, 2.75) is 24.9 Å². The molecule has 3 N–H and O–H groups in total. The summed E-state index contributed by atoms with van der Waals surface area (Å²) in [5.41, 5.74) is 5.50. The van der Waals surface area contributed by atoms with Gasteiger partial charge in [0.15, 0.2) is 9.84 Å². The molecule has 0 aromatic carbocycles. The van der Waals surface area contributed by atoms with Gasteiger partial charge in [0.05, 0.1) is 0 Å². The molecular weight excluding hydrogens is 192 g/mol. The summed E-state index contributed by atoms with van der Waals surface area (Å²) in [6.07, 6.45) is 2.53. The number of sulfone groups is 1. The molecule has 1 saturated carbocycles. The minimum absolute atomic E-state index is 0.0734. The molecule has 1 rings (SSSR count). The van der Waals surface area contributed by atoms with Crippen LogP contribution in [-0.2, 0) is 14.6 Å². The van der Waals surface area contributed by atoms with Crippen LogP contribution in [0.5, 0.6) is 0 Å². The SMILES string of the molecule is CS(=O)(=O)CC(=O)NC1CC(N)C1. The van der Waals surface area contributed by atoms with Gasteiger partial charge < -0.3 is 11.1 Å². The summed E-state index contributed by atoms with van der Waals surface area (Å²) >= 11 is 0. The van der Waals surface area contributed by atoms with Crippen LogP contribution in [0.15, 0.2) is 0 Å². The van der Waals surface area contributed by atoms with Crippen molar-refractivity contribution in [3.8, 4) is 0 Å². The highest BCUT2D eigenvalue weighted by molar-refractivity contribution is 7.91. The fraction of sp³-hybridized carbons (Fsp3) is 0.857. The molecule has 0 heterocycles. The highest BCUT2D eigenvalue weighted by Crippen LogP contribution is 2.16. The average molecular weight is 206 g/mol. The number of nitrogens with two attached hydrogens (primary N) is 1. The third kappa shape index (κ3) is 3.73. The monoisotopic (exact) mass is 206 g/mol. The molecular formula is C7H14N2O3S. The van der Waals surface area contributed by atoms with Gasteiger partial charge in [-0.15, -0.1) is 0 Å². The molecule has 1 fully saturated rings. The van der Waals surface area contributed by atoms with E-state index in [4.69, 9.17) is 5.73 Å². The van der Waals surface area contributed by atoms with Crippen LogP contribution in [0, 0.1) is 0 Å². The summed E-state index contributed by atoms with van der Waals surface area (Å²) in [7, 11) is -3.21. The lowest BCUT2D eigenvalue weighted by molar-refractivity contribution is -0.119. The lowest BCUT2D eigenvalue weighted by atomic mass is 9.88. The van der Waals surface area contributed by atoms with Gasteiger partial charge in [0.1, 0.15) is 5.75 Å². The Morgan fingerprint density at radius 1 is 1.54 bits per heavy atom. The molecule has 0 unspecified atom stereocenters. The first-order chi connectivity index (χ1) is 5.87. The molecule has 0 saturated heterocycles. The first-order valence-electron chi connectivity index (χ1n) is 4.09. The highest BCUT2D eigenvalue weighted by atomic mass is 32.2. The van der Waals surface area contributed by atoms with Crippen LogP contribution >= 0.6 is 0 Å². The topological polar surface area (TPSA) is 89.3 Å². The molecule has 0 aromatic heterocycles. The second-order valence-electron chi connectivity index (χ2n) is 3.57. The second-order valence-corrected chi connectivity index (χ2v) is 5.71. The zero-order valence-electron chi connectivity index (χ0n) is 7.49. The summed E-state index contributed by atoms with van der Waals surface area (Å²) in [6, 6.07) is 0.229. The summed E-state index contributed by atoms with van der Waals surface area (Å²) in [5.74, 6) is -0.863. The van der Waals surface area contributed by atoms with Gasteiger partial charge in [0.25, 0.3) is 0 Å². The Morgan fingerprint density at radius 2 is 2.08 bits per heavy atom. The molecule has 76 valence electrons. The van der Waals surface area contributed by atoms with Crippen molar-refractivity contribution in [3.63, 3.8) is 0 Å². The van der Waals surface area contributed by atoms with Crippen LogP contribution in [0.25, 0.3) is 0 Å². The minimum atomic E-state index is -3.21. The molecule has 0 aliphatic heterocycles. The number of amides is 1. The molecule has 0 atom stereocenters. The summed E-state index contributed by atoms with van der Waals surface area (Å²) in [5, 5.41) is 2.61. The zero-order valence-corrected chi connectivity index (χ0v) is 8.30. The van der Waals surface area contributed by atoms with Gasteiger partial charge in [0, 0.05) is 18.3 Å². The Balaban J connectivity index is 2.27. The number of rotatable bonds is 3. The maximum absolute atomic E-state index is 11.0. The maximum Gasteiger partial charge on any atom is 0.235 e. The largest absolute Gasteiger partial charge is 0.352 e. The van der Waals surface area contributed by atoms with Crippen LogP contribution in [-0.4, -0.2) is 38.4 Å². The molecule has 1 aliphatic rings. The van der Waals surface area contributed by atoms with E-state index >= 15 is 0 Å². The summed E-state index contributed by atoms with van der Waals surface area (Å²) in [4.78, 5) is 11.0. The Bertz CT molecular complexity index is 293. The van der Waals surface area contributed by atoms with Crippen LogP contribution in [0.4, 0.5) is 0 Å². The fourth-order valence-electron chi connectivity index (χ4n) is 1.29. The van der Waals surface area contributed by atoms with Crippen molar-refractivity contribution >= 4 is 15.7 Å². The molecule has 6 heteroatoms. The van der Waals surface area contributed by atoms with E-state index in [0.29, 0.717) is 0 Å². The molecule has 0 bridgehead atoms. The number of nitrogens with one attached hydrogen (secondary N) is 1. The van der Waals surface area contributed by atoms with E-state index in [2.05, 4.69) is 5.32 Å². The van der Waals surface area contributed by atoms with Gasteiger partial charge in [-0.3, -0.25) is 4.79 Å².